The molecule has 8 heteroatoms. The summed E-state index contributed by atoms with van der Waals surface area (Å²) in [7, 11) is 0. The fraction of sp³-hybridized carbons (Fsp3) is 0.286. The molecule has 0 aliphatic heterocycles. The molecule has 4 N–H and O–H groups in total. The molecule has 0 amide bonds. The van der Waals surface area contributed by atoms with E-state index in [-0.39, 0.29) is 5.95 Å². The molecule has 2 atom stereocenters. The SMILES string of the molecule is Nc1ncc(C(F)(F)F)c(N[C@@H]2c3ccccc3C[C@@H]2O)n1. The number of aliphatic hydroxyl groups excluding tert-OH is 1. The molecule has 0 spiro atoms. The highest BCUT2D eigenvalue weighted by Gasteiger charge is 2.38. The number of hydrogen-bond acceptors (Lipinski definition) is 5. The third kappa shape index (κ3) is 2.57. The number of anilines is 2. The molecule has 22 heavy (non-hydrogen) atoms. The Balaban J connectivity index is 1.99. The predicted molar refractivity (Wildman–Crippen MR) is 74.0 cm³/mol. The number of nitrogens with one attached hydrogen (secondary N) is 1. The summed E-state index contributed by atoms with van der Waals surface area (Å²) in [6.07, 6.45) is -4.44. The van der Waals surface area contributed by atoms with Crippen LogP contribution in [0.2, 0.25) is 0 Å². The topological polar surface area (TPSA) is 84.1 Å². The summed E-state index contributed by atoms with van der Waals surface area (Å²) < 4.78 is 39.1. The van der Waals surface area contributed by atoms with Crippen LogP contribution in [0, 0.1) is 0 Å². The lowest BCUT2D eigenvalue weighted by Crippen LogP contribution is -2.24. The Morgan fingerprint density at radius 2 is 2.00 bits per heavy atom. The molecule has 0 bridgehead atoms. The van der Waals surface area contributed by atoms with E-state index in [0.29, 0.717) is 12.6 Å². The van der Waals surface area contributed by atoms with Crippen LogP contribution in [0.4, 0.5) is 24.9 Å². The number of nitrogen functional groups attached to an aromatic ring is 1. The minimum atomic E-state index is -4.61. The van der Waals surface area contributed by atoms with Crippen LogP contribution < -0.4 is 11.1 Å². The second-order valence-corrected chi connectivity index (χ2v) is 5.08. The molecule has 116 valence electrons. The summed E-state index contributed by atoms with van der Waals surface area (Å²) in [5.74, 6) is -0.697. The van der Waals surface area contributed by atoms with E-state index in [9.17, 15) is 18.3 Å². The van der Waals surface area contributed by atoms with Crippen LogP contribution in [0.15, 0.2) is 30.5 Å². The van der Waals surface area contributed by atoms with Crippen LogP contribution in [0.5, 0.6) is 0 Å². The summed E-state index contributed by atoms with van der Waals surface area (Å²) >= 11 is 0. The molecule has 1 aliphatic rings. The van der Waals surface area contributed by atoms with Crippen molar-refractivity contribution >= 4 is 11.8 Å². The van der Waals surface area contributed by atoms with Crippen molar-refractivity contribution in [2.45, 2.75) is 24.7 Å². The molecule has 1 aliphatic carbocycles. The van der Waals surface area contributed by atoms with Gasteiger partial charge < -0.3 is 16.2 Å². The number of halogens is 3. The summed E-state index contributed by atoms with van der Waals surface area (Å²) in [6.45, 7) is 0. The van der Waals surface area contributed by atoms with Gasteiger partial charge >= 0.3 is 6.18 Å². The molecular weight excluding hydrogens is 297 g/mol. The first-order chi connectivity index (χ1) is 10.4. The normalized spacial score (nSPS) is 20.7. The molecule has 0 saturated heterocycles. The number of aromatic nitrogens is 2. The van der Waals surface area contributed by atoms with Gasteiger partial charge in [0.1, 0.15) is 11.4 Å². The number of hydrogen-bond donors (Lipinski definition) is 3. The minimum Gasteiger partial charge on any atom is -0.390 e. The maximum atomic E-state index is 13.0. The Labute approximate surface area is 124 Å². The zero-order chi connectivity index (χ0) is 15.9. The van der Waals surface area contributed by atoms with Crippen molar-refractivity contribution in [3.05, 3.63) is 47.2 Å². The van der Waals surface area contributed by atoms with Crippen LogP contribution in [0.25, 0.3) is 0 Å². The molecule has 1 aromatic carbocycles. The van der Waals surface area contributed by atoms with Gasteiger partial charge in [-0.1, -0.05) is 24.3 Å². The van der Waals surface area contributed by atoms with E-state index in [1.54, 1.807) is 12.1 Å². The van der Waals surface area contributed by atoms with Crippen LogP contribution in [0.3, 0.4) is 0 Å². The van der Waals surface area contributed by atoms with Crippen LogP contribution in [-0.2, 0) is 12.6 Å². The van der Waals surface area contributed by atoms with Gasteiger partial charge in [-0.3, -0.25) is 0 Å². The van der Waals surface area contributed by atoms with Gasteiger partial charge in [0.25, 0.3) is 0 Å². The van der Waals surface area contributed by atoms with Crippen molar-refractivity contribution in [3.8, 4) is 0 Å². The van der Waals surface area contributed by atoms with Crippen molar-refractivity contribution in [3.63, 3.8) is 0 Å². The highest BCUT2D eigenvalue weighted by molar-refractivity contribution is 5.52. The Morgan fingerprint density at radius 3 is 2.73 bits per heavy atom. The molecule has 0 unspecified atom stereocenters. The van der Waals surface area contributed by atoms with E-state index in [0.717, 1.165) is 11.1 Å². The maximum absolute atomic E-state index is 13.0. The van der Waals surface area contributed by atoms with Crippen molar-refractivity contribution in [2.75, 3.05) is 11.1 Å². The fourth-order valence-corrected chi connectivity index (χ4v) is 2.61. The van der Waals surface area contributed by atoms with Crippen molar-refractivity contribution < 1.29 is 18.3 Å². The van der Waals surface area contributed by atoms with Gasteiger partial charge in [-0.2, -0.15) is 18.2 Å². The molecule has 0 radical (unpaired) electrons. The van der Waals surface area contributed by atoms with Gasteiger partial charge in [0.05, 0.1) is 12.1 Å². The van der Waals surface area contributed by atoms with Crippen LogP contribution >= 0.6 is 0 Å². The number of nitrogens with zero attached hydrogens (tertiary/aromatic N) is 2. The van der Waals surface area contributed by atoms with Crippen LogP contribution in [-0.4, -0.2) is 21.2 Å². The third-order valence-electron chi connectivity index (χ3n) is 3.61. The van der Waals surface area contributed by atoms with Crippen molar-refractivity contribution in [1.82, 2.24) is 9.97 Å². The molecule has 1 heterocycles. The number of rotatable bonds is 2. The summed E-state index contributed by atoms with van der Waals surface area (Å²) in [4.78, 5) is 7.02. The Morgan fingerprint density at radius 1 is 1.27 bits per heavy atom. The fourth-order valence-electron chi connectivity index (χ4n) is 2.61. The monoisotopic (exact) mass is 310 g/mol. The molecule has 3 rings (SSSR count). The molecule has 5 nitrogen and oxygen atoms in total. The second-order valence-electron chi connectivity index (χ2n) is 5.08. The van der Waals surface area contributed by atoms with Crippen molar-refractivity contribution in [2.24, 2.45) is 0 Å². The lowest BCUT2D eigenvalue weighted by Gasteiger charge is -2.21. The van der Waals surface area contributed by atoms with Gasteiger partial charge in [-0.25, -0.2) is 4.98 Å². The second kappa shape index (κ2) is 5.13. The van der Waals surface area contributed by atoms with Gasteiger partial charge in [0.15, 0.2) is 0 Å². The van der Waals surface area contributed by atoms with Gasteiger partial charge in [0, 0.05) is 12.6 Å². The predicted octanol–water partition coefficient (Wildman–Crippen LogP) is 2.15. The standard InChI is InChI=1S/C14H13F3N4O/c15-14(16,17)9-6-19-13(18)21-12(9)20-11-8-4-2-1-3-7(8)5-10(11)22/h1-4,6,10-11,22H,5H2,(H3,18,19,20,21)/t10-,11+/m0/s1. The molecular formula is C14H13F3N4O. The van der Waals surface area contributed by atoms with E-state index >= 15 is 0 Å². The average Bonchev–Trinajstić information content (AvgIpc) is 2.74. The minimum absolute atomic E-state index is 0.267. The van der Waals surface area contributed by atoms with E-state index in [1.807, 2.05) is 12.1 Å². The van der Waals surface area contributed by atoms with Crippen molar-refractivity contribution in [1.29, 1.82) is 0 Å². The lowest BCUT2D eigenvalue weighted by molar-refractivity contribution is -0.137. The van der Waals surface area contributed by atoms with Gasteiger partial charge in [-0.05, 0) is 11.1 Å². The Hall–Kier alpha value is -2.35. The Kier molecular flexibility index (Phi) is 3.40. The third-order valence-corrected chi connectivity index (χ3v) is 3.61. The summed E-state index contributed by atoms with van der Waals surface area (Å²) in [6, 6.07) is 6.51. The van der Waals surface area contributed by atoms with E-state index < -0.39 is 29.7 Å². The number of nitrogens with two attached hydrogens (primary N) is 1. The zero-order valence-electron chi connectivity index (χ0n) is 11.3. The number of aliphatic hydroxyl groups is 1. The number of benzene rings is 1. The molecule has 1 aromatic heterocycles. The quantitative estimate of drug-likeness (QED) is 0.791. The highest BCUT2D eigenvalue weighted by Crippen LogP contribution is 2.38. The maximum Gasteiger partial charge on any atom is 0.421 e. The molecule has 0 saturated carbocycles. The first-order valence-corrected chi connectivity index (χ1v) is 6.58. The largest absolute Gasteiger partial charge is 0.421 e. The zero-order valence-corrected chi connectivity index (χ0v) is 11.3. The number of alkyl halides is 3. The van der Waals surface area contributed by atoms with E-state index in [1.165, 1.54) is 0 Å². The molecule has 0 fully saturated rings. The first kappa shape index (κ1) is 14.6. The highest BCUT2D eigenvalue weighted by atomic mass is 19.4. The first-order valence-electron chi connectivity index (χ1n) is 6.58. The van der Waals surface area contributed by atoms with Gasteiger partial charge in [0.2, 0.25) is 5.95 Å². The average molecular weight is 310 g/mol. The summed E-state index contributed by atoms with van der Waals surface area (Å²) in [5.41, 5.74) is 6.01. The van der Waals surface area contributed by atoms with Crippen LogP contribution in [0.1, 0.15) is 22.7 Å². The summed E-state index contributed by atoms with van der Waals surface area (Å²) in [5, 5.41) is 12.8. The lowest BCUT2D eigenvalue weighted by atomic mass is 10.1. The van der Waals surface area contributed by atoms with E-state index in [4.69, 9.17) is 5.73 Å². The Bertz CT molecular complexity index is 705. The molecule has 2 aromatic rings. The smallest absolute Gasteiger partial charge is 0.390 e. The number of fused-ring (bicyclic) bond motifs is 1. The van der Waals surface area contributed by atoms with Gasteiger partial charge in [-0.15, -0.1) is 0 Å². The van der Waals surface area contributed by atoms with E-state index in [2.05, 4.69) is 15.3 Å².